The van der Waals surface area contributed by atoms with Crippen molar-refractivity contribution in [2.45, 2.75) is 58.1 Å². The van der Waals surface area contributed by atoms with Crippen LogP contribution in [0.1, 0.15) is 57.0 Å². The number of furan rings is 1. The number of amides is 3. The van der Waals surface area contributed by atoms with Crippen LogP contribution in [0.4, 0.5) is 16.3 Å². The van der Waals surface area contributed by atoms with Crippen LogP contribution in [-0.4, -0.2) is 34.5 Å². The fourth-order valence-electron chi connectivity index (χ4n) is 4.15. The Hall–Kier alpha value is -3.59. The van der Waals surface area contributed by atoms with Crippen molar-refractivity contribution in [2.24, 2.45) is 5.92 Å². The van der Waals surface area contributed by atoms with Gasteiger partial charge in [0.25, 0.3) is 5.91 Å². The molecule has 1 aromatic carbocycles. The van der Waals surface area contributed by atoms with Crippen LogP contribution >= 0.6 is 11.6 Å². The number of halogens is 1. The Labute approximate surface area is 213 Å². The number of nitrogens with zero attached hydrogens (tertiary/aromatic N) is 1. The summed E-state index contributed by atoms with van der Waals surface area (Å²) in [5, 5.41) is 9.54. The smallest absolute Gasteiger partial charge is 0.407 e. The van der Waals surface area contributed by atoms with E-state index in [1.54, 1.807) is 30.3 Å². The quantitative estimate of drug-likeness (QED) is 0.399. The minimum Gasteiger partial charge on any atom is -0.449 e. The van der Waals surface area contributed by atoms with Gasteiger partial charge in [-0.15, -0.1) is 0 Å². The highest BCUT2D eigenvalue weighted by molar-refractivity contribution is 6.30. The van der Waals surface area contributed by atoms with Crippen molar-refractivity contribution in [3.05, 3.63) is 53.4 Å². The van der Waals surface area contributed by atoms with E-state index in [2.05, 4.69) is 20.9 Å². The van der Waals surface area contributed by atoms with Crippen molar-refractivity contribution in [1.29, 1.82) is 0 Å². The fourth-order valence-corrected chi connectivity index (χ4v) is 4.26. The van der Waals surface area contributed by atoms with Gasteiger partial charge in [-0.25, -0.2) is 9.78 Å². The molecule has 0 spiro atoms. The maximum atomic E-state index is 13.2. The number of benzene rings is 1. The molecule has 3 amide bonds. The molecule has 0 aliphatic heterocycles. The predicted molar refractivity (Wildman–Crippen MR) is 137 cm³/mol. The molecule has 2 heterocycles. The highest BCUT2D eigenvalue weighted by Crippen LogP contribution is 2.33. The molecule has 1 fully saturated rings. The lowest BCUT2D eigenvalue weighted by atomic mass is 9.85. The number of alkyl carbamates (subject to hydrolysis) is 1. The van der Waals surface area contributed by atoms with Gasteiger partial charge in [0.2, 0.25) is 11.7 Å². The number of para-hydroxylation sites is 1. The molecule has 3 aromatic rings. The lowest BCUT2D eigenvalue weighted by Gasteiger charge is -2.29. The third kappa shape index (κ3) is 6.34. The second kappa shape index (κ2) is 10.6. The molecule has 0 saturated heterocycles. The van der Waals surface area contributed by atoms with Gasteiger partial charge in [0.1, 0.15) is 22.7 Å². The molecule has 0 radical (unpaired) electrons. The number of nitrogens with one attached hydrogen (secondary N) is 3. The van der Waals surface area contributed by atoms with Gasteiger partial charge in [0.15, 0.2) is 0 Å². The fraction of sp³-hybridized carbons (Fsp3) is 0.385. The molecule has 1 saturated carbocycles. The number of pyridine rings is 1. The molecule has 4 rings (SSSR count). The van der Waals surface area contributed by atoms with Crippen LogP contribution in [0.5, 0.6) is 0 Å². The first kappa shape index (κ1) is 25.5. The minimum absolute atomic E-state index is 0.0124. The first-order valence-corrected chi connectivity index (χ1v) is 12.2. The van der Waals surface area contributed by atoms with Gasteiger partial charge in [-0.05, 0) is 70.7 Å². The van der Waals surface area contributed by atoms with E-state index in [9.17, 15) is 14.4 Å². The third-order valence-electron chi connectivity index (χ3n) is 5.84. The van der Waals surface area contributed by atoms with Gasteiger partial charge >= 0.3 is 6.09 Å². The molecule has 0 unspecified atom stereocenters. The Bertz CT molecular complexity index is 1260. The molecule has 1 aliphatic rings. The van der Waals surface area contributed by atoms with E-state index >= 15 is 0 Å². The third-order valence-corrected chi connectivity index (χ3v) is 6.06. The number of rotatable bonds is 5. The van der Waals surface area contributed by atoms with E-state index in [1.807, 2.05) is 26.8 Å². The maximum Gasteiger partial charge on any atom is 0.407 e. The number of hydrogen-bond donors (Lipinski definition) is 3. The highest BCUT2D eigenvalue weighted by Gasteiger charge is 2.30. The number of anilines is 2. The molecule has 3 N–H and O–H groups in total. The summed E-state index contributed by atoms with van der Waals surface area (Å²) in [6.07, 6.45) is 3.47. The van der Waals surface area contributed by atoms with Crippen molar-refractivity contribution in [3.8, 4) is 0 Å². The summed E-state index contributed by atoms with van der Waals surface area (Å²) in [7, 11) is 0. The maximum absolute atomic E-state index is 13.2. The summed E-state index contributed by atoms with van der Waals surface area (Å²) >= 11 is 5.87. The molecule has 9 nitrogen and oxygen atoms in total. The minimum atomic E-state index is -0.567. The standard InChI is InChI=1S/C26H29ClN4O5/c1-26(2,3)36-25(34)29-17-11-8-15(9-12-17)23(32)31-21-18-6-4-5-7-19(18)35-22(21)24(33)30-20-13-10-16(27)14-28-20/h4-7,10,13-15,17H,8-9,11-12H2,1-3H3,(H,29,34)(H,31,32)(H,28,30,33)/t15-,17-. The zero-order chi connectivity index (χ0) is 25.9. The number of carbonyl (C=O) groups excluding carboxylic acids is 3. The molecule has 190 valence electrons. The Kier molecular flexibility index (Phi) is 7.49. The van der Waals surface area contributed by atoms with Crippen molar-refractivity contribution in [3.63, 3.8) is 0 Å². The van der Waals surface area contributed by atoms with E-state index in [1.165, 1.54) is 6.20 Å². The zero-order valence-corrected chi connectivity index (χ0v) is 21.1. The number of aromatic nitrogens is 1. The number of ether oxygens (including phenoxy) is 1. The molecule has 2 aromatic heterocycles. The second-order valence-electron chi connectivity index (χ2n) is 9.80. The van der Waals surface area contributed by atoms with Crippen LogP contribution in [-0.2, 0) is 9.53 Å². The largest absolute Gasteiger partial charge is 0.449 e. The van der Waals surface area contributed by atoms with E-state index in [0.717, 1.165) is 0 Å². The topological polar surface area (TPSA) is 123 Å². The first-order valence-electron chi connectivity index (χ1n) is 11.8. The van der Waals surface area contributed by atoms with Crippen LogP contribution < -0.4 is 16.0 Å². The predicted octanol–water partition coefficient (Wildman–Crippen LogP) is 5.76. The highest BCUT2D eigenvalue weighted by atomic mass is 35.5. The van der Waals surface area contributed by atoms with Gasteiger partial charge in [-0.3, -0.25) is 9.59 Å². The molecule has 36 heavy (non-hydrogen) atoms. The summed E-state index contributed by atoms with van der Waals surface area (Å²) in [5.41, 5.74) is 0.227. The summed E-state index contributed by atoms with van der Waals surface area (Å²) < 4.78 is 11.1. The monoisotopic (exact) mass is 512 g/mol. The van der Waals surface area contributed by atoms with Crippen LogP contribution in [0, 0.1) is 5.92 Å². The summed E-state index contributed by atoms with van der Waals surface area (Å²) in [6, 6.07) is 10.3. The first-order chi connectivity index (χ1) is 17.1. The average Bonchev–Trinajstić information content (AvgIpc) is 3.18. The van der Waals surface area contributed by atoms with Gasteiger partial charge in [0.05, 0.1) is 5.02 Å². The van der Waals surface area contributed by atoms with Gasteiger partial charge < -0.3 is 25.1 Å². The molecule has 0 bridgehead atoms. The van der Waals surface area contributed by atoms with Gasteiger partial charge in [0, 0.05) is 23.5 Å². The van der Waals surface area contributed by atoms with E-state index in [0.29, 0.717) is 53.2 Å². The molecule has 0 atom stereocenters. The van der Waals surface area contributed by atoms with E-state index < -0.39 is 17.6 Å². The average molecular weight is 513 g/mol. The number of hydrogen-bond acceptors (Lipinski definition) is 6. The van der Waals surface area contributed by atoms with Crippen molar-refractivity contribution < 1.29 is 23.5 Å². The van der Waals surface area contributed by atoms with Crippen LogP contribution in [0.15, 0.2) is 47.0 Å². The van der Waals surface area contributed by atoms with Crippen molar-refractivity contribution in [1.82, 2.24) is 10.3 Å². The Morgan fingerprint density at radius 1 is 1.03 bits per heavy atom. The molecular formula is C26H29ClN4O5. The van der Waals surface area contributed by atoms with E-state index in [-0.39, 0.29) is 23.6 Å². The van der Waals surface area contributed by atoms with Gasteiger partial charge in [-0.2, -0.15) is 0 Å². The molecule has 10 heteroatoms. The Morgan fingerprint density at radius 3 is 2.42 bits per heavy atom. The molecular weight excluding hydrogens is 484 g/mol. The lowest BCUT2D eigenvalue weighted by molar-refractivity contribution is -0.120. The summed E-state index contributed by atoms with van der Waals surface area (Å²) in [4.78, 5) is 42.3. The lowest BCUT2D eigenvalue weighted by Crippen LogP contribution is -2.42. The van der Waals surface area contributed by atoms with Crippen LogP contribution in [0.25, 0.3) is 11.0 Å². The number of fused-ring (bicyclic) bond motifs is 1. The Morgan fingerprint density at radius 2 is 1.75 bits per heavy atom. The van der Waals surface area contributed by atoms with Gasteiger partial charge in [-0.1, -0.05) is 23.7 Å². The van der Waals surface area contributed by atoms with Crippen LogP contribution in [0.3, 0.4) is 0 Å². The Balaban J connectivity index is 1.43. The molecule has 1 aliphatic carbocycles. The van der Waals surface area contributed by atoms with E-state index in [4.69, 9.17) is 20.8 Å². The van der Waals surface area contributed by atoms with Crippen LogP contribution in [0.2, 0.25) is 5.02 Å². The summed E-state index contributed by atoms with van der Waals surface area (Å²) in [6.45, 7) is 5.44. The normalized spacial score (nSPS) is 17.9. The van der Waals surface area contributed by atoms with Crippen molar-refractivity contribution in [2.75, 3.05) is 10.6 Å². The number of carbonyl (C=O) groups is 3. The second-order valence-corrected chi connectivity index (χ2v) is 10.2. The SMILES string of the molecule is CC(C)(C)OC(=O)N[C@H]1CC[C@H](C(=O)Nc2c(C(=O)Nc3ccc(Cl)cn3)oc3ccccc23)CC1. The zero-order valence-electron chi connectivity index (χ0n) is 20.4. The van der Waals surface area contributed by atoms with Crippen molar-refractivity contribution >= 4 is 52.0 Å². The summed E-state index contributed by atoms with van der Waals surface area (Å²) in [5.74, 6) is -0.707.